The molecule has 3 atom stereocenters. The zero-order chi connectivity index (χ0) is 27.0. The van der Waals surface area contributed by atoms with Crippen LogP contribution in [-0.2, 0) is 16.0 Å². The topological polar surface area (TPSA) is 86.0 Å². The van der Waals surface area contributed by atoms with Crippen LogP contribution in [0.2, 0.25) is 10.0 Å². The highest BCUT2D eigenvalue weighted by molar-refractivity contribution is 6.30. The minimum Gasteiger partial charge on any atom is -0.542 e. The van der Waals surface area contributed by atoms with Crippen molar-refractivity contribution in [3.8, 4) is 0 Å². The zero-order valence-electron chi connectivity index (χ0n) is 19.8. The number of hydrogen-bond acceptors (Lipinski definition) is 4. The van der Waals surface area contributed by atoms with Crippen LogP contribution in [-0.4, -0.2) is 36.4 Å². The van der Waals surface area contributed by atoms with Gasteiger partial charge in [0.25, 0.3) is 5.91 Å². The first-order valence-electron chi connectivity index (χ1n) is 11.0. The fourth-order valence-electron chi connectivity index (χ4n) is 3.38. The molecule has 11 heteroatoms. The standard InChI is InChI=1S/C23H25Cl2N3O.C2HF3O2/c1-15(2)28-14-19(13-26-28)23(29)27-16(3)22(18-6-10-21(25)11-7-18)12-17-4-8-20(24)9-5-17;3-2(4,5)1(6)7/h4-11,13-16,22H,12H2,1-3H3,(H,27,29);(H,6,7)/t16-,22+;/m1./s1. The third-order valence-electron chi connectivity index (χ3n) is 5.37. The van der Waals surface area contributed by atoms with E-state index in [0.717, 1.165) is 22.6 Å². The second-order valence-electron chi connectivity index (χ2n) is 8.47. The summed E-state index contributed by atoms with van der Waals surface area (Å²) < 4.78 is 31.5. The Labute approximate surface area is 217 Å². The number of carbonyl (C=O) groups is 2. The highest BCUT2D eigenvalue weighted by Gasteiger charge is 2.29. The first-order chi connectivity index (χ1) is 16.8. The van der Waals surface area contributed by atoms with Crippen LogP contribution in [0, 0.1) is 0 Å². The van der Waals surface area contributed by atoms with Crippen LogP contribution in [0.1, 0.15) is 37.8 Å². The molecule has 36 heavy (non-hydrogen) atoms. The molecular formula is C25H26Cl2F3N3O3. The molecule has 2 aromatic carbocycles. The zero-order valence-corrected chi connectivity index (χ0v) is 21.3. The molecule has 1 aliphatic heterocycles. The van der Waals surface area contributed by atoms with Gasteiger partial charge in [-0.05, 0) is 62.6 Å². The van der Waals surface area contributed by atoms with Gasteiger partial charge in [-0.1, -0.05) is 52.6 Å². The Balaban J connectivity index is 0.000000572. The lowest BCUT2D eigenvalue weighted by atomic mass is 9.86. The fraction of sp³-hybridized carbons (Fsp3) is 0.320. The van der Waals surface area contributed by atoms with E-state index in [9.17, 15) is 18.0 Å². The molecule has 2 N–H and O–H groups in total. The third kappa shape index (κ3) is 8.96. The second kappa shape index (κ2) is 12.9. The van der Waals surface area contributed by atoms with Crippen molar-refractivity contribution in [1.82, 2.24) is 5.32 Å². The number of alkyl halides is 3. The molecule has 1 heterocycles. The second-order valence-corrected chi connectivity index (χ2v) is 9.35. The molecule has 0 fully saturated rings. The van der Waals surface area contributed by atoms with Gasteiger partial charge in [0.2, 0.25) is 0 Å². The summed E-state index contributed by atoms with van der Waals surface area (Å²) in [5.74, 6) is -3.02. The Morgan fingerprint density at radius 2 is 1.50 bits per heavy atom. The van der Waals surface area contributed by atoms with Crippen LogP contribution >= 0.6 is 23.2 Å². The van der Waals surface area contributed by atoms with Crippen LogP contribution in [0.3, 0.4) is 0 Å². The summed E-state index contributed by atoms with van der Waals surface area (Å²) in [6.07, 6.45) is -0.909. The molecule has 1 aliphatic rings. The quantitative estimate of drug-likeness (QED) is 0.561. The number of aliphatic carboxylic acids is 1. The Hall–Kier alpha value is -2.88. The van der Waals surface area contributed by atoms with Crippen LogP contribution in [0.5, 0.6) is 0 Å². The molecule has 0 aliphatic carbocycles. The number of carboxylic acid groups (broad SMARTS) is 1. The smallest absolute Gasteiger partial charge is 0.430 e. The molecular weight excluding hydrogens is 518 g/mol. The van der Waals surface area contributed by atoms with Gasteiger partial charge in [-0.3, -0.25) is 4.79 Å². The van der Waals surface area contributed by atoms with Gasteiger partial charge in [0.1, 0.15) is 30.0 Å². The first kappa shape index (κ1) is 29.4. The predicted octanol–water partition coefficient (Wildman–Crippen LogP) is 3.30. The van der Waals surface area contributed by atoms with Crippen molar-refractivity contribution >= 4 is 41.3 Å². The van der Waals surface area contributed by atoms with E-state index in [0.29, 0.717) is 21.7 Å². The maximum absolute atomic E-state index is 12.8. The molecule has 3 rings (SSSR count). The number of carbonyl (C=O) groups excluding carboxylic acids is 2. The molecule has 2 aromatic rings. The van der Waals surface area contributed by atoms with E-state index in [-0.39, 0.29) is 17.9 Å². The van der Waals surface area contributed by atoms with Crippen LogP contribution < -0.4 is 15.4 Å². The monoisotopic (exact) mass is 543 g/mol. The largest absolute Gasteiger partial charge is 0.542 e. The van der Waals surface area contributed by atoms with Crippen LogP contribution in [0.4, 0.5) is 13.2 Å². The maximum Gasteiger partial charge on any atom is 0.430 e. The Kier molecular flexibility index (Phi) is 10.5. The summed E-state index contributed by atoms with van der Waals surface area (Å²) in [6, 6.07) is 15.8. The van der Waals surface area contributed by atoms with Gasteiger partial charge in [-0.25, -0.2) is 0 Å². The van der Waals surface area contributed by atoms with Crippen molar-refractivity contribution in [2.45, 2.75) is 51.4 Å². The number of nitrogens with zero attached hydrogens (tertiary/aromatic N) is 1. The molecule has 0 spiro atoms. The number of amides is 1. The van der Waals surface area contributed by atoms with E-state index in [1.54, 1.807) is 6.21 Å². The lowest BCUT2D eigenvalue weighted by Gasteiger charge is -2.26. The highest BCUT2D eigenvalue weighted by atomic mass is 35.5. The number of rotatable bonds is 7. The van der Waals surface area contributed by atoms with Crippen molar-refractivity contribution in [3.63, 3.8) is 0 Å². The molecule has 1 unspecified atom stereocenters. The van der Waals surface area contributed by atoms with E-state index in [4.69, 9.17) is 33.1 Å². The number of halogens is 5. The summed E-state index contributed by atoms with van der Waals surface area (Å²) in [7, 11) is 0. The molecule has 0 bridgehead atoms. The number of benzene rings is 2. The first-order valence-corrected chi connectivity index (χ1v) is 11.7. The van der Waals surface area contributed by atoms with E-state index in [1.165, 1.54) is 0 Å². The number of carboxylic acids is 1. The number of quaternary nitrogens is 1. The normalized spacial score (nSPS) is 16.6. The Morgan fingerprint density at radius 3 is 1.94 bits per heavy atom. The van der Waals surface area contributed by atoms with Gasteiger partial charge in [-0.2, -0.15) is 18.2 Å². The van der Waals surface area contributed by atoms with Crippen molar-refractivity contribution in [2.24, 2.45) is 5.10 Å². The van der Waals surface area contributed by atoms with E-state index < -0.39 is 12.1 Å². The van der Waals surface area contributed by atoms with E-state index >= 15 is 0 Å². The third-order valence-corrected chi connectivity index (χ3v) is 5.87. The minimum absolute atomic E-state index is 0.0863. The van der Waals surface area contributed by atoms with Crippen molar-refractivity contribution in [2.75, 3.05) is 0 Å². The average molecular weight is 544 g/mol. The molecule has 6 nitrogen and oxygen atoms in total. The fourth-order valence-corrected chi connectivity index (χ4v) is 3.63. The van der Waals surface area contributed by atoms with Gasteiger partial charge in [0, 0.05) is 22.0 Å². The lowest BCUT2D eigenvalue weighted by Crippen LogP contribution is -3.05. The van der Waals surface area contributed by atoms with Crippen molar-refractivity contribution in [3.05, 3.63) is 81.5 Å². The van der Waals surface area contributed by atoms with E-state index in [1.807, 2.05) is 61.7 Å². The Morgan fingerprint density at radius 1 is 1.00 bits per heavy atom. The summed E-state index contributed by atoms with van der Waals surface area (Å²) in [5.41, 5.74) is 2.88. The van der Waals surface area contributed by atoms with Crippen LogP contribution in [0.25, 0.3) is 0 Å². The molecule has 194 valence electrons. The maximum atomic E-state index is 12.8. The lowest BCUT2D eigenvalue weighted by molar-refractivity contribution is -0.874. The van der Waals surface area contributed by atoms with Gasteiger partial charge < -0.3 is 15.2 Å². The summed E-state index contributed by atoms with van der Waals surface area (Å²) in [6.45, 7) is 6.16. The SMILES string of the molecule is CC(C)[NH+]1C=C(C(=O)N[C@H](C)[C@H](Cc2ccc(Cl)cc2)c2ccc(Cl)cc2)C=N1.O=C([O-])C(F)(F)F. The molecule has 1 amide bonds. The molecule has 0 aromatic heterocycles. The average Bonchev–Trinajstić information content (AvgIpc) is 3.30. The number of nitrogens with one attached hydrogen (secondary N) is 2. The van der Waals surface area contributed by atoms with Gasteiger partial charge in [-0.15, -0.1) is 0 Å². The molecule has 0 radical (unpaired) electrons. The van der Waals surface area contributed by atoms with Crippen molar-refractivity contribution in [1.29, 1.82) is 0 Å². The predicted molar refractivity (Wildman–Crippen MR) is 131 cm³/mol. The van der Waals surface area contributed by atoms with E-state index in [2.05, 4.69) is 24.3 Å². The van der Waals surface area contributed by atoms with Gasteiger partial charge >= 0.3 is 6.18 Å². The minimum atomic E-state index is -5.19. The molecule has 0 saturated heterocycles. The van der Waals surface area contributed by atoms with Crippen LogP contribution in [0.15, 0.2) is 65.4 Å². The molecule has 0 saturated carbocycles. The van der Waals surface area contributed by atoms with Crippen molar-refractivity contribution < 1.29 is 32.9 Å². The number of hydrogen-bond donors (Lipinski definition) is 2. The summed E-state index contributed by atoms with van der Waals surface area (Å²) >= 11 is 12.1. The summed E-state index contributed by atoms with van der Waals surface area (Å²) in [5, 5.41) is 18.6. The summed E-state index contributed by atoms with van der Waals surface area (Å²) in [4.78, 5) is 21.6. The highest BCUT2D eigenvalue weighted by Crippen LogP contribution is 2.27. The van der Waals surface area contributed by atoms with Gasteiger partial charge in [0.05, 0.1) is 0 Å². The Bertz CT molecular complexity index is 1100. The van der Waals surface area contributed by atoms with Gasteiger partial charge in [0.15, 0.2) is 0 Å².